The summed E-state index contributed by atoms with van der Waals surface area (Å²) in [5.74, 6) is 0.358. The number of alkyl halides is 2. The number of carbonyl (C=O) groups is 1. The van der Waals surface area contributed by atoms with E-state index in [9.17, 15) is 9.18 Å². The molecule has 0 N–H and O–H groups in total. The fourth-order valence-electron chi connectivity index (χ4n) is 1.06. The molecule has 2 nitrogen and oxygen atoms in total. The van der Waals surface area contributed by atoms with Crippen molar-refractivity contribution < 1.29 is 13.9 Å². The van der Waals surface area contributed by atoms with Gasteiger partial charge in [-0.1, -0.05) is 15.9 Å². The first-order valence-corrected chi connectivity index (χ1v) is 5.93. The summed E-state index contributed by atoms with van der Waals surface area (Å²) in [4.78, 5) is 11.4. The first-order chi connectivity index (χ1) is 7.06. The van der Waals surface area contributed by atoms with Gasteiger partial charge in [-0.15, -0.1) is 0 Å². The van der Waals surface area contributed by atoms with Crippen molar-refractivity contribution in [1.29, 1.82) is 0 Å². The molecule has 15 heavy (non-hydrogen) atoms. The fourth-order valence-corrected chi connectivity index (χ4v) is 1.86. The van der Waals surface area contributed by atoms with Crippen LogP contribution in [0.3, 0.4) is 0 Å². The van der Waals surface area contributed by atoms with E-state index in [-0.39, 0.29) is 10.6 Å². The van der Waals surface area contributed by atoms with E-state index in [0.29, 0.717) is 15.8 Å². The van der Waals surface area contributed by atoms with Crippen molar-refractivity contribution in [1.82, 2.24) is 0 Å². The highest BCUT2D eigenvalue weighted by atomic mass is 79.9. The molecule has 1 atom stereocenters. The first kappa shape index (κ1) is 12.6. The number of ether oxygens (including phenoxy) is 1. The minimum Gasteiger partial charge on any atom is -0.463 e. The third-order valence-corrected chi connectivity index (χ3v) is 2.86. The van der Waals surface area contributed by atoms with Gasteiger partial charge in [0.2, 0.25) is 6.86 Å². The average Bonchev–Trinajstić information content (AvgIpc) is 2.17. The molecule has 0 fully saturated rings. The highest BCUT2D eigenvalue weighted by Gasteiger charge is 2.15. The molecule has 0 saturated carbocycles. The second kappa shape index (κ2) is 5.61. The van der Waals surface area contributed by atoms with E-state index in [2.05, 4.69) is 36.6 Å². The molecule has 0 aromatic heterocycles. The Bertz CT molecular complexity index is 366. The summed E-state index contributed by atoms with van der Waals surface area (Å²) in [7, 11) is 0. The molecular weight excluding hydrogens is 331 g/mol. The summed E-state index contributed by atoms with van der Waals surface area (Å²) in [6, 6.07) is 4.74. The molecule has 5 heteroatoms. The summed E-state index contributed by atoms with van der Waals surface area (Å²) in [5.41, 5.74) is 0.547. The second-order valence-electron chi connectivity index (χ2n) is 2.88. The lowest BCUT2D eigenvalue weighted by atomic mass is 10.1. The van der Waals surface area contributed by atoms with Gasteiger partial charge in [-0.2, -0.15) is 0 Å². The number of hydrogen-bond donors (Lipinski definition) is 0. The standard InChI is InChI=1S/C10H9Br2FO2/c1-6(11)10(14)8-3-2-7(15-5-13)4-9(8)12/h2-4,6H,5H2,1H3. The van der Waals surface area contributed by atoms with E-state index in [0.717, 1.165) is 0 Å². The molecule has 1 unspecified atom stereocenters. The van der Waals surface area contributed by atoms with Crippen molar-refractivity contribution in [2.45, 2.75) is 11.8 Å². The van der Waals surface area contributed by atoms with Crippen LogP contribution in [0.5, 0.6) is 5.75 Å². The smallest absolute Gasteiger partial charge is 0.228 e. The lowest BCUT2D eigenvalue weighted by Crippen LogP contribution is -2.10. The summed E-state index contributed by atoms with van der Waals surface area (Å²) in [6.45, 7) is 0.870. The van der Waals surface area contributed by atoms with Crippen molar-refractivity contribution >= 4 is 37.6 Å². The molecule has 1 rings (SSSR count). The monoisotopic (exact) mass is 338 g/mol. The molecular formula is C10H9Br2FO2. The van der Waals surface area contributed by atoms with Crippen molar-refractivity contribution in [2.24, 2.45) is 0 Å². The van der Waals surface area contributed by atoms with Crippen molar-refractivity contribution in [3.8, 4) is 5.75 Å². The molecule has 0 aliphatic rings. The lowest BCUT2D eigenvalue weighted by molar-refractivity contribution is 0.0995. The Balaban J connectivity index is 2.97. The van der Waals surface area contributed by atoms with Crippen LogP contribution >= 0.6 is 31.9 Å². The van der Waals surface area contributed by atoms with Gasteiger partial charge >= 0.3 is 0 Å². The quantitative estimate of drug-likeness (QED) is 0.617. The van der Waals surface area contributed by atoms with Gasteiger partial charge in [0.05, 0.1) is 4.83 Å². The minimum atomic E-state index is -0.880. The molecule has 0 spiro atoms. The fraction of sp³-hybridized carbons (Fsp3) is 0.300. The normalized spacial score (nSPS) is 12.3. The second-order valence-corrected chi connectivity index (χ2v) is 5.10. The predicted molar refractivity (Wildman–Crippen MR) is 63.5 cm³/mol. The molecule has 0 heterocycles. The van der Waals surface area contributed by atoms with Crippen LogP contribution in [-0.4, -0.2) is 17.5 Å². The summed E-state index contributed by atoms with van der Waals surface area (Å²) < 4.78 is 17.1. The van der Waals surface area contributed by atoms with Crippen molar-refractivity contribution in [3.63, 3.8) is 0 Å². The number of carbonyl (C=O) groups excluding carboxylic acids is 1. The molecule has 0 bridgehead atoms. The third kappa shape index (κ3) is 3.28. The number of ketones is 1. The molecule has 0 aliphatic heterocycles. The summed E-state index contributed by atoms with van der Waals surface area (Å²) in [5, 5.41) is 0. The van der Waals surface area contributed by atoms with Crippen LogP contribution in [-0.2, 0) is 0 Å². The van der Waals surface area contributed by atoms with Gasteiger partial charge < -0.3 is 4.74 Å². The Labute approximate surface area is 104 Å². The molecule has 82 valence electrons. The van der Waals surface area contributed by atoms with Crippen LogP contribution in [0.2, 0.25) is 0 Å². The van der Waals surface area contributed by atoms with E-state index in [1.54, 1.807) is 25.1 Å². The molecule has 0 amide bonds. The van der Waals surface area contributed by atoms with Crippen LogP contribution in [0, 0.1) is 0 Å². The minimum absolute atomic E-state index is 0.0336. The lowest BCUT2D eigenvalue weighted by Gasteiger charge is -2.07. The van der Waals surface area contributed by atoms with Gasteiger partial charge in [-0.3, -0.25) is 4.79 Å². The molecule has 0 radical (unpaired) electrons. The van der Waals surface area contributed by atoms with Crippen molar-refractivity contribution in [2.75, 3.05) is 6.86 Å². The largest absolute Gasteiger partial charge is 0.463 e. The van der Waals surface area contributed by atoms with E-state index >= 15 is 0 Å². The van der Waals surface area contributed by atoms with Crippen LogP contribution in [0.4, 0.5) is 4.39 Å². The highest BCUT2D eigenvalue weighted by Crippen LogP contribution is 2.25. The maximum Gasteiger partial charge on any atom is 0.228 e. The van der Waals surface area contributed by atoms with Gasteiger partial charge in [-0.25, -0.2) is 4.39 Å². The van der Waals surface area contributed by atoms with Crippen LogP contribution in [0.1, 0.15) is 17.3 Å². The predicted octanol–water partition coefficient (Wildman–Crippen LogP) is 3.72. The number of benzene rings is 1. The van der Waals surface area contributed by atoms with E-state index in [4.69, 9.17) is 0 Å². The van der Waals surface area contributed by atoms with Crippen LogP contribution in [0.25, 0.3) is 0 Å². The number of hydrogen-bond acceptors (Lipinski definition) is 2. The van der Waals surface area contributed by atoms with Gasteiger partial charge in [-0.05, 0) is 41.1 Å². The zero-order chi connectivity index (χ0) is 11.4. The van der Waals surface area contributed by atoms with Crippen LogP contribution < -0.4 is 4.74 Å². The number of rotatable bonds is 4. The number of halogens is 3. The molecule has 1 aromatic rings. The third-order valence-electron chi connectivity index (χ3n) is 1.79. The van der Waals surface area contributed by atoms with Crippen LogP contribution in [0.15, 0.2) is 22.7 Å². The molecule has 0 aliphatic carbocycles. The van der Waals surface area contributed by atoms with E-state index in [1.807, 2.05) is 0 Å². The molecule has 1 aromatic carbocycles. The summed E-state index contributed by atoms with van der Waals surface area (Å²) >= 11 is 6.44. The SMILES string of the molecule is CC(Br)C(=O)c1ccc(OCF)cc1Br. The van der Waals surface area contributed by atoms with E-state index < -0.39 is 6.86 Å². The maximum absolute atomic E-state index is 11.9. The Morgan fingerprint density at radius 2 is 2.27 bits per heavy atom. The van der Waals surface area contributed by atoms with Gasteiger partial charge in [0.1, 0.15) is 5.75 Å². The average molecular weight is 340 g/mol. The topological polar surface area (TPSA) is 26.3 Å². The Morgan fingerprint density at radius 3 is 2.73 bits per heavy atom. The Kier molecular flexibility index (Phi) is 4.73. The zero-order valence-electron chi connectivity index (χ0n) is 7.97. The van der Waals surface area contributed by atoms with Gasteiger partial charge in [0, 0.05) is 10.0 Å². The zero-order valence-corrected chi connectivity index (χ0v) is 11.1. The summed E-state index contributed by atoms with van der Waals surface area (Å²) in [6.07, 6.45) is 0. The van der Waals surface area contributed by atoms with Gasteiger partial charge in [0.15, 0.2) is 5.78 Å². The van der Waals surface area contributed by atoms with E-state index in [1.165, 1.54) is 0 Å². The Hall–Kier alpha value is -0.420. The number of Topliss-reactive ketones (excluding diaryl/α,β-unsaturated/α-hetero) is 1. The maximum atomic E-state index is 11.9. The molecule has 0 saturated heterocycles. The Morgan fingerprint density at radius 1 is 1.60 bits per heavy atom. The highest BCUT2D eigenvalue weighted by molar-refractivity contribution is 9.10. The first-order valence-electron chi connectivity index (χ1n) is 4.23. The van der Waals surface area contributed by atoms with Gasteiger partial charge in [0.25, 0.3) is 0 Å². The van der Waals surface area contributed by atoms with Crippen molar-refractivity contribution in [3.05, 3.63) is 28.2 Å².